The van der Waals surface area contributed by atoms with Crippen LogP contribution >= 0.6 is 11.3 Å². The van der Waals surface area contributed by atoms with Crippen LogP contribution in [-0.4, -0.2) is 34.3 Å². The third-order valence-corrected chi connectivity index (χ3v) is 5.39. The van der Waals surface area contributed by atoms with Gasteiger partial charge in [-0.25, -0.2) is 0 Å². The van der Waals surface area contributed by atoms with Crippen molar-refractivity contribution < 1.29 is 0 Å². The first-order valence-electron chi connectivity index (χ1n) is 7.57. The second-order valence-corrected chi connectivity index (χ2v) is 7.01. The molecule has 0 atom stereocenters. The Morgan fingerprint density at radius 3 is 2.70 bits per heavy atom. The molecule has 0 bridgehead atoms. The van der Waals surface area contributed by atoms with E-state index in [4.69, 9.17) is 0 Å². The van der Waals surface area contributed by atoms with Crippen molar-refractivity contribution in [1.29, 1.82) is 0 Å². The zero-order chi connectivity index (χ0) is 13.9. The fourth-order valence-corrected chi connectivity index (χ4v) is 3.67. The molecule has 2 aromatic rings. The molecule has 2 aromatic heterocycles. The molecule has 0 N–H and O–H groups in total. The Bertz CT molecular complexity index is 550. The zero-order valence-electron chi connectivity index (χ0n) is 12.4. The number of likely N-dealkylation sites (tertiary alicyclic amines) is 1. The summed E-state index contributed by atoms with van der Waals surface area (Å²) in [4.78, 5) is 5.31. The predicted octanol–water partition coefficient (Wildman–Crippen LogP) is 3.83. The summed E-state index contributed by atoms with van der Waals surface area (Å²) in [7, 11) is 0. The van der Waals surface area contributed by atoms with Crippen LogP contribution in [0.25, 0.3) is 10.4 Å². The molecule has 0 spiro atoms. The van der Waals surface area contributed by atoms with E-state index in [1.807, 2.05) is 17.5 Å². The maximum atomic E-state index is 4.50. The summed E-state index contributed by atoms with van der Waals surface area (Å²) in [6, 6.07) is 4.47. The van der Waals surface area contributed by atoms with Gasteiger partial charge in [-0.3, -0.25) is 4.68 Å². The highest BCUT2D eigenvalue weighted by molar-refractivity contribution is 7.15. The molecule has 1 fully saturated rings. The first-order chi connectivity index (χ1) is 9.72. The van der Waals surface area contributed by atoms with Gasteiger partial charge in [0, 0.05) is 28.1 Å². The molecule has 1 aliphatic rings. The topological polar surface area (TPSA) is 21.1 Å². The molecule has 4 heteroatoms. The van der Waals surface area contributed by atoms with Crippen LogP contribution in [-0.2, 0) is 6.54 Å². The largest absolute Gasteiger partial charge is 0.301 e. The summed E-state index contributed by atoms with van der Waals surface area (Å²) in [6.07, 6.45) is 6.90. The zero-order valence-corrected chi connectivity index (χ0v) is 13.2. The van der Waals surface area contributed by atoms with Crippen LogP contribution in [0.2, 0.25) is 0 Å². The number of rotatable bonds is 5. The fourth-order valence-electron chi connectivity index (χ4n) is 2.68. The van der Waals surface area contributed by atoms with E-state index in [0.717, 1.165) is 13.1 Å². The molecule has 0 aromatic carbocycles. The molecule has 3 nitrogen and oxygen atoms in total. The second-order valence-electron chi connectivity index (χ2n) is 5.90. The summed E-state index contributed by atoms with van der Waals surface area (Å²) in [5.41, 5.74) is 1.25. The van der Waals surface area contributed by atoms with Crippen molar-refractivity contribution in [2.24, 2.45) is 0 Å². The lowest BCUT2D eigenvalue weighted by atomic mass is 10.2. The van der Waals surface area contributed by atoms with E-state index >= 15 is 0 Å². The van der Waals surface area contributed by atoms with Crippen molar-refractivity contribution >= 4 is 11.3 Å². The summed E-state index contributed by atoms with van der Waals surface area (Å²) < 4.78 is 2.09. The van der Waals surface area contributed by atoms with Gasteiger partial charge in [-0.15, -0.1) is 11.3 Å². The van der Waals surface area contributed by atoms with E-state index in [2.05, 4.69) is 46.9 Å². The number of aromatic nitrogens is 2. The van der Waals surface area contributed by atoms with Gasteiger partial charge in [-0.2, -0.15) is 5.10 Å². The maximum absolute atomic E-state index is 4.50. The van der Waals surface area contributed by atoms with E-state index in [1.165, 1.54) is 41.2 Å². The Kier molecular flexibility index (Phi) is 4.22. The second kappa shape index (κ2) is 6.10. The molecule has 0 radical (unpaired) electrons. The highest BCUT2D eigenvalue weighted by Gasteiger charge is 2.12. The Morgan fingerprint density at radius 1 is 1.20 bits per heavy atom. The van der Waals surface area contributed by atoms with Crippen molar-refractivity contribution in [3.05, 3.63) is 29.4 Å². The number of hydrogen-bond acceptors (Lipinski definition) is 3. The first kappa shape index (κ1) is 13.8. The Morgan fingerprint density at radius 2 is 2.00 bits per heavy atom. The molecule has 0 unspecified atom stereocenters. The lowest BCUT2D eigenvalue weighted by molar-refractivity contribution is 0.316. The van der Waals surface area contributed by atoms with Gasteiger partial charge in [0.15, 0.2) is 0 Å². The van der Waals surface area contributed by atoms with Gasteiger partial charge in [0.1, 0.15) is 0 Å². The molecule has 0 saturated carbocycles. The first-order valence-corrected chi connectivity index (χ1v) is 8.39. The third-order valence-electron chi connectivity index (χ3n) is 3.96. The molecule has 1 saturated heterocycles. The van der Waals surface area contributed by atoms with Gasteiger partial charge in [-0.1, -0.05) is 13.8 Å². The minimum atomic E-state index is 0.610. The van der Waals surface area contributed by atoms with Gasteiger partial charge in [0.2, 0.25) is 0 Å². The minimum absolute atomic E-state index is 0.610. The highest BCUT2D eigenvalue weighted by Crippen LogP contribution is 2.31. The van der Waals surface area contributed by atoms with Crippen LogP contribution < -0.4 is 0 Å². The van der Waals surface area contributed by atoms with Crippen molar-refractivity contribution in [3.8, 4) is 10.4 Å². The molecule has 0 aliphatic carbocycles. The van der Waals surface area contributed by atoms with Crippen LogP contribution in [0, 0.1) is 0 Å². The van der Waals surface area contributed by atoms with Crippen molar-refractivity contribution in [3.63, 3.8) is 0 Å². The average molecular weight is 289 g/mol. The van der Waals surface area contributed by atoms with Crippen LogP contribution in [0.1, 0.15) is 37.5 Å². The van der Waals surface area contributed by atoms with Gasteiger partial charge >= 0.3 is 0 Å². The van der Waals surface area contributed by atoms with E-state index in [0.29, 0.717) is 5.92 Å². The lowest BCUT2D eigenvalue weighted by Gasteiger charge is -2.13. The predicted molar refractivity (Wildman–Crippen MR) is 85.3 cm³/mol. The normalized spacial score (nSPS) is 16.4. The number of hydrogen-bond donors (Lipinski definition) is 0. The van der Waals surface area contributed by atoms with Gasteiger partial charge < -0.3 is 4.90 Å². The Labute approximate surface area is 125 Å². The quantitative estimate of drug-likeness (QED) is 0.834. The van der Waals surface area contributed by atoms with Crippen LogP contribution in [0.5, 0.6) is 0 Å². The van der Waals surface area contributed by atoms with E-state index in [1.54, 1.807) is 0 Å². The number of nitrogens with zero attached hydrogens (tertiary/aromatic N) is 3. The molecule has 1 aliphatic heterocycles. The smallest absolute Gasteiger partial charge is 0.0576 e. The molecule has 108 valence electrons. The molecular formula is C16H23N3S. The summed E-state index contributed by atoms with van der Waals surface area (Å²) in [6.45, 7) is 9.14. The van der Waals surface area contributed by atoms with E-state index < -0.39 is 0 Å². The lowest BCUT2D eigenvalue weighted by Crippen LogP contribution is -2.24. The van der Waals surface area contributed by atoms with Crippen LogP contribution in [0.4, 0.5) is 0 Å². The van der Waals surface area contributed by atoms with Crippen LogP contribution in [0.3, 0.4) is 0 Å². The van der Waals surface area contributed by atoms with E-state index in [-0.39, 0.29) is 0 Å². The standard InChI is InChI=1S/C16H23N3S/c1-13(2)15-5-6-16(20-15)14-11-17-19(12-14)10-9-18-7-3-4-8-18/h5-6,11-13H,3-4,7-10H2,1-2H3. The minimum Gasteiger partial charge on any atom is -0.301 e. The third kappa shape index (κ3) is 3.13. The van der Waals surface area contributed by atoms with Crippen molar-refractivity contribution in [2.75, 3.05) is 19.6 Å². The summed E-state index contributed by atoms with van der Waals surface area (Å²) >= 11 is 1.89. The van der Waals surface area contributed by atoms with Gasteiger partial charge in [-0.05, 0) is 44.0 Å². The molecule has 3 heterocycles. The summed E-state index contributed by atoms with van der Waals surface area (Å²) in [5.74, 6) is 0.610. The highest BCUT2D eigenvalue weighted by atomic mass is 32.1. The molecule has 20 heavy (non-hydrogen) atoms. The molecule has 0 amide bonds. The summed E-state index contributed by atoms with van der Waals surface area (Å²) in [5, 5.41) is 4.50. The average Bonchev–Trinajstić information content (AvgIpc) is 3.17. The fraction of sp³-hybridized carbons (Fsp3) is 0.562. The molecular weight excluding hydrogens is 266 g/mol. The van der Waals surface area contributed by atoms with E-state index in [9.17, 15) is 0 Å². The van der Waals surface area contributed by atoms with Crippen LogP contribution in [0.15, 0.2) is 24.5 Å². The van der Waals surface area contributed by atoms with Gasteiger partial charge in [0.25, 0.3) is 0 Å². The molecule has 3 rings (SSSR count). The van der Waals surface area contributed by atoms with Crippen molar-refractivity contribution in [1.82, 2.24) is 14.7 Å². The Hall–Kier alpha value is -1.13. The monoisotopic (exact) mass is 289 g/mol. The Balaban J connectivity index is 1.63. The maximum Gasteiger partial charge on any atom is 0.0576 e. The SMILES string of the molecule is CC(C)c1ccc(-c2cnn(CCN3CCCC3)c2)s1. The van der Waals surface area contributed by atoms with Gasteiger partial charge in [0.05, 0.1) is 12.7 Å². The number of thiophene rings is 1. The van der Waals surface area contributed by atoms with Crippen molar-refractivity contribution in [2.45, 2.75) is 39.2 Å².